The fraction of sp³-hybridized carbons (Fsp3) is 0. The number of hydrogen-bond donors (Lipinski definition) is 1. The van der Waals surface area contributed by atoms with Gasteiger partial charge in [-0.05, 0) is 24.3 Å². The van der Waals surface area contributed by atoms with E-state index >= 15 is 0 Å². The van der Waals surface area contributed by atoms with Crippen LogP contribution in [0, 0.1) is 11.6 Å². The number of rotatable bonds is 2. The Morgan fingerprint density at radius 2 is 1.80 bits per heavy atom. The van der Waals surface area contributed by atoms with E-state index in [1.165, 1.54) is 28.9 Å². The van der Waals surface area contributed by atoms with E-state index in [4.69, 9.17) is 5.73 Å². The number of benzene rings is 1. The average molecular weight is 273 g/mol. The highest BCUT2D eigenvalue weighted by molar-refractivity contribution is 6.09. The van der Waals surface area contributed by atoms with Gasteiger partial charge in [-0.3, -0.25) is 4.79 Å². The Kier molecular flexibility index (Phi) is 2.71. The first-order valence-electron chi connectivity index (χ1n) is 5.79. The number of nitrogens with two attached hydrogens (primary N) is 1. The molecule has 4 nitrogen and oxygen atoms in total. The highest BCUT2D eigenvalue weighted by atomic mass is 19.1. The second-order valence-corrected chi connectivity index (χ2v) is 4.27. The summed E-state index contributed by atoms with van der Waals surface area (Å²) in [4.78, 5) is 16.2. The van der Waals surface area contributed by atoms with Crippen molar-refractivity contribution in [2.45, 2.75) is 0 Å². The zero-order valence-electron chi connectivity index (χ0n) is 10.2. The van der Waals surface area contributed by atoms with Crippen LogP contribution in [-0.4, -0.2) is 15.2 Å². The van der Waals surface area contributed by atoms with Gasteiger partial charge < -0.3 is 10.1 Å². The third-order valence-electron chi connectivity index (χ3n) is 2.92. The zero-order chi connectivity index (χ0) is 14.3. The van der Waals surface area contributed by atoms with Gasteiger partial charge in [0.05, 0.1) is 11.8 Å². The normalized spacial score (nSPS) is 10.9. The van der Waals surface area contributed by atoms with Gasteiger partial charge in [0.15, 0.2) is 5.78 Å². The predicted octanol–water partition coefficient (Wildman–Crippen LogP) is 2.43. The number of imidazole rings is 1. The number of fused-ring (bicyclic) bond motifs is 1. The molecule has 0 amide bonds. The highest BCUT2D eigenvalue weighted by Crippen LogP contribution is 2.18. The van der Waals surface area contributed by atoms with Gasteiger partial charge in [-0.15, -0.1) is 0 Å². The maximum Gasteiger partial charge on any atom is 0.200 e. The average Bonchev–Trinajstić information content (AvgIpc) is 2.77. The number of hydrogen-bond acceptors (Lipinski definition) is 3. The third kappa shape index (κ3) is 1.91. The van der Waals surface area contributed by atoms with E-state index < -0.39 is 23.0 Å². The van der Waals surface area contributed by atoms with E-state index in [9.17, 15) is 13.6 Å². The van der Waals surface area contributed by atoms with E-state index in [1.54, 1.807) is 6.07 Å². The summed E-state index contributed by atoms with van der Waals surface area (Å²) in [5, 5.41) is 0. The number of ketones is 1. The van der Waals surface area contributed by atoms with Crippen LogP contribution in [0.15, 0.2) is 42.7 Å². The minimum Gasteiger partial charge on any atom is -0.382 e. The minimum absolute atomic E-state index is 0.152. The van der Waals surface area contributed by atoms with E-state index in [0.717, 1.165) is 12.1 Å². The molecule has 3 rings (SSSR count). The van der Waals surface area contributed by atoms with Crippen LogP contribution in [0.4, 0.5) is 14.6 Å². The molecular weight excluding hydrogens is 264 g/mol. The number of pyridine rings is 1. The van der Waals surface area contributed by atoms with Crippen molar-refractivity contribution in [2.75, 3.05) is 5.73 Å². The van der Waals surface area contributed by atoms with Crippen molar-refractivity contribution < 1.29 is 13.6 Å². The lowest BCUT2D eigenvalue weighted by atomic mass is 10.0. The lowest BCUT2D eigenvalue weighted by molar-refractivity contribution is 0.103. The minimum atomic E-state index is -0.889. The highest BCUT2D eigenvalue weighted by Gasteiger charge is 2.19. The van der Waals surface area contributed by atoms with Gasteiger partial charge in [-0.1, -0.05) is 6.07 Å². The molecule has 3 aromatic rings. The second kappa shape index (κ2) is 4.41. The van der Waals surface area contributed by atoms with Crippen molar-refractivity contribution in [2.24, 2.45) is 0 Å². The molecule has 1 aromatic carbocycles. The first kappa shape index (κ1) is 12.3. The van der Waals surface area contributed by atoms with E-state index in [2.05, 4.69) is 4.98 Å². The van der Waals surface area contributed by atoms with Crippen LogP contribution in [0.2, 0.25) is 0 Å². The van der Waals surface area contributed by atoms with Crippen LogP contribution in [-0.2, 0) is 0 Å². The van der Waals surface area contributed by atoms with Crippen LogP contribution in [0.25, 0.3) is 5.65 Å². The number of nitrogens with zero attached hydrogens (tertiary/aromatic N) is 2. The van der Waals surface area contributed by atoms with Crippen molar-refractivity contribution in [1.82, 2.24) is 9.38 Å². The molecule has 2 aromatic heterocycles. The number of nitrogen functional groups attached to an aromatic ring is 1. The molecule has 0 atom stereocenters. The summed E-state index contributed by atoms with van der Waals surface area (Å²) in [6.45, 7) is 0. The summed E-state index contributed by atoms with van der Waals surface area (Å²) in [6.07, 6.45) is 2.96. The SMILES string of the molecule is Nc1cn2cc(C(=O)c3c(F)cccc3F)ccc2n1. The number of aromatic nitrogens is 2. The molecule has 2 heterocycles. The molecule has 0 saturated carbocycles. The van der Waals surface area contributed by atoms with Gasteiger partial charge in [0.2, 0.25) is 0 Å². The van der Waals surface area contributed by atoms with Gasteiger partial charge in [-0.2, -0.15) is 0 Å². The smallest absolute Gasteiger partial charge is 0.200 e. The van der Waals surface area contributed by atoms with Crippen molar-refractivity contribution in [3.8, 4) is 0 Å². The predicted molar refractivity (Wildman–Crippen MR) is 69.4 cm³/mol. The monoisotopic (exact) mass is 273 g/mol. The van der Waals surface area contributed by atoms with E-state index in [0.29, 0.717) is 11.5 Å². The largest absolute Gasteiger partial charge is 0.382 e. The number of halogens is 2. The van der Waals surface area contributed by atoms with Gasteiger partial charge in [0.25, 0.3) is 0 Å². The fourth-order valence-electron chi connectivity index (χ4n) is 2.00. The fourth-order valence-corrected chi connectivity index (χ4v) is 2.00. The summed E-state index contributed by atoms with van der Waals surface area (Å²) in [5.74, 6) is -2.21. The Bertz CT molecular complexity index is 806. The maximum absolute atomic E-state index is 13.6. The van der Waals surface area contributed by atoms with Crippen LogP contribution in [0.5, 0.6) is 0 Å². The summed E-state index contributed by atoms with van der Waals surface area (Å²) < 4.78 is 28.7. The summed E-state index contributed by atoms with van der Waals surface area (Å²) in [5.41, 5.74) is 5.67. The second-order valence-electron chi connectivity index (χ2n) is 4.27. The van der Waals surface area contributed by atoms with Crippen molar-refractivity contribution in [3.63, 3.8) is 0 Å². The molecule has 0 aliphatic carbocycles. The van der Waals surface area contributed by atoms with E-state index in [-0.39, 0.29) is 5.56 Å². The van der Waals surface area contributed by atoms with Gasteiger partial charge in [-0.25, -0.2) is 13.8 Å². The summed E-state index contributed by atoms with van der Waals surface area (Å²) in [6, 6.07) is 6.31. The molecule has 0 radical (unpaired) electrons. The lowest BCUT2D eigenvalue weighted by Crippen LogP contribution is -2.08. The molecule has 0 aliphatic rings. The molecule has 6 heteroatoms. The Morgan fingerprint density at radius 1 is 1.10 bits per heavy atom. The van der Waals surface area contributed by atoms with Crippen LogP contribution in [0.1, 0.15) is 15.9 Å². The zero-order valence-corrected chi connectivity index (χ0v) is 10.2. The van der Waals surface area contributed by atoms with E-state index in [1.807, 2.05) is 0 Å². The molecule has 0 aliphatic heterocycles. The number of anilines is 1. The van der Waals surface area contributed by atoms with Crippen LogP contribution in [0.3, 0.4) is 0 Å². The van der Waals surface area contributed by atoms with Crippen molar-refractivity contribution in [3.05, 3.63) is 65.5 Å². The Labute approximate surface area is 112 Å². The molecule has 0 spiro atoms. The first-order chi connectivity index (χ1) is 9.56. The molecule has 0 saturated heterocycles. The first-order valence-corrected chi connectivity index (χ1v) is 5.79. The van der Waals surface area contributed by atoms with Gasteiger partial charge >= 0.3 is 0 Å². The van der Waals surface area contributed by atoms with Crippen LogP contribution < -0.4 is 5.73 Å². The quantitative estimate of drug-likeness (QED) is 0.729. The number of carbonyl (C=O) groups excluding carboxylic acids is 1. The molecule has 0 fully saturated rings. The molecule has 100 valence electrons. The summed E-state index contributed by atoms with van der Waals surface area (Å²) >= 11 is 0. The maximum atomic E-state index is 13.6. The summed E-state index contributed by atoms with van der Waals surface area (Å²) in [7, 11) is 0. The lowest BCUT2D eigenvalue weighted by Gasteiger charge is -2.04. The Balaban J connectivity index is 2.12. The molecule has 20 heavy (non-hydrogen) atoms. The molecule has 2 N–H and O–H groups in total. The Morgan fingerprint density at radius 3 is 2.50 bits per heavy atom. The van der Waals surface area contributed by atoms with Crippen molar-refractivity contribution in [1.29, 1.82) is 0 Å². The standard InChI is InChI=1S/C14H9F2N3O/c15-9-2-1-3-10(16)13(9)14(20)8-4-5-12-18-11(17)7-19(12)6-8/h1-7H,17H2. The van der Waals surface area contributed by atoms with Crippen LogP contribution >= 0.6 is 0 Å². The van der Waals surface area contributed by atoms with Crippen molar-refractivity contribution >= 4 is 17.2 Å². The van der Waals surface area contributed by atoms with Gasteiger partial charge in [0.1, 0.15) is 23.1 Å². The van der Waals surface area contributed by atoms with Gasteiger partial charge in [0, 0.05) is 11.8 Å². The Hall–Kier alpha value is -2.76. The molecule has 0 bridgehead atoms. The topological polar surface area (TPSA) is 60.4 Å². The third-order valence-corrected chi connectivity index (χ3v) is 2.92. The number of carbonyl (C=O) groups is 1. The molecular formula is C14H9F2N3O. The molecule has 0 unspecified atom stereocenters.